The molecular weight excluding hydrogens is 410 g/mol. The lowest BCUT2D eigenvalue weighted by Crippen LogP contribution is -2.36. The molecule has 0 aliphatic heterocycles. The average molecular weight is 432 g/mol. The predicted molar refractivity (Wildman–Crippen MR) is 123 cm³/mol. The van der Waals surface area contributed by atoms with Crippen LogP contribution in [0.1, 0.15) is 5.56 Å². The van der Waals surface area contributed by atoms with Gasteiger partial charge in [-0.05, 0) is 33.7 Å². The minimum absolute atomic E-state index is 0.140. The Morgan fingerprint density at radius 2 is 1.58 bits per heavy atom. The van der Waals surface area contributed by atoms with Crippen LogP contribution in [-0.2, 0) is 14.8 Å². The first-order valence-electron chi connectivity index (χ1n) is 9.70. The summed E-state index contributed by atoms with van der Waals surface area (Å²) in [4.78, 5) is 12.4. The topological polar surface area (TPSA) is 78.8 Å². The van der Waals surface area contributed by atoms with E-state index in [-0.39, 0.29) is 11.4 Å². The molecule has 0 aromatic heterocycles. The zero-order valence-corrected chi connectivity index (χ0v) is 17.7. The van der Waals surface area contributed by atoms with Crippen molar-refractivity contribution in [1.29, 1.82) is 0 Å². The first-order chi connectivity index (χ1) is 14.9. The highest BCUT2D eigenvalue weighted by molar-refractivity contribution is 7.89. The van der Waals surface area contributed by atoms with E-state index in [4.69, 9.17) is 0 Å². The molecule has 1 amide bonds. The quantitative estimate of drug-likeness (QED) is 0.373. The summed E-state index contributed by atoms with van der Waals surface area (Å²) in [5.74, 6) is -0.525. The van der Waals surface area contributed by atoms with E-state index in [0.717, 1.165) is 31.4 Å². The molecule has 4 aromatic carbocycles. The fraction of sp³-hybridized carbons (Fsp3) is 0.0833. The van der Waals surface area contributed by atoms with Crippen molar-refractivity contribution in [2.24, 2.45) is 5.10 Å². The molecule has 6 nitrogen and oxygen atoms in total. The van der Waals surface area contributed by atoms with Crippen LogP contribution in [0.15, 0.2) is 94.9 Å². The Morgan fingerprint density at radius 1 is 0.903 bits per heavy atom. The highest BCUT2D eigenvalue weighted by Gasteiger charge is 2.23. The first kappa shape index (κ1) is 20.7. The van der Waals surface area contributed by atoms with Crippen molar-refractivity contribution in [1.82, 2.24) is 9.73 Å². The molecule has 7 heteroatoms. The van der Waals surface area contributed by atoms with Gasteiger partial charge in [0.25, 0.3) is 5.91 Å². The number of hydrogen-bond acceptors (Lipinski definition) is 4. The first-order valence-corrected chi connectivity index (χ1v) is 11.1. The number of amides is 1. The van der Waals surface area contributed by atoms with Crippen LogP contribution in [-0.4, -0.2) is 38.4 Å². The van der Waals surface area contributed by atoms with Crippen LogP contribution in [0.5, 0.6) is 0 Å². The van der Waals surface area contributed by atoms with Gasteiger partial charge in [-0.25, -0.2) is 13.8 Å². The Kier molecular flexibility index (Phi) is 5.79. The Hall–Kier alpha value is -3.55. The molecule has 0 aliphatic carbocycles. The fourth-order valence-corrected chi connectivity index (χ4v) is 4.53. The number of hydrogen-bond donors (Lipinski definition) is 1. The van der Waals surface area contributed by atoms with E-state index in [0.29, 0.717) is 0 Å². The number of nitrogens with zero attached hydrogens (tertiary/aromatic N) is 2. The number of sulfonamides is 1. The Labute approximate surface area is 180 Å². The van der Waals surface area contributed by atoms with Crippen LogP contribution >= 0.6 is 0 Å². The highest BCUT2D eigenvalue weighted by atomic mass is 32.2. The maximum atomic E-state index is 12.9. The summed E-state index contributed by atoms with van der Waals surface area (Å²) in [6, 6.07) is 26.1. The molecule has 0 spiro atoms. The lowest BCUT2D eigenvalue weighted by atomic mass is 10.1. The molecule has 1 N–H and O–H groups in total. The van der Waals surface area contributed by atoms with E-state index in [1.54, 1.807) is 24.4 Å². The van der Waals surface area contributed by atoms with Crippen LogP contribution in [0, 0.1) is 0 Å². The van der Waals surface area contributed by atoms with Crippen molar-refractivity contribution in [2.45, 2.75) is 4.90 Å². The van der Waals surface area contributed by atoms with E-state index >= 15 is 0 Å². The molecule has 0 unspecified atom stereocenters. The molecule has 0 radical (unpaired) electrons. The van der Waals surface area contributed by atoms with Crippen molar-refractivity contribution >= 4 is 43.7 Å². The molecule has 4 rings (SSSR count). The number of nitrogens with one attached hydrogen (secondary N) is 1. The van der Waals surface area contributed by atoms with E-state index < -0.39 is 15.9 Å². The van der Waals surface area contributed by atoms with Gasteiger partial charge in [0.1, 0.15) is 0 Å². The SMILES string of the molecule is CN(CC(=O)NN=Cc1cccc2ccccc12)S(=O)(=O)c1ccc2ccccc2c1. The van der Waals surface area contributed by atoms with E-state index in [1.807, 2.05) is 66.7 Å². The van der Waals surface area contributed by atoms with Gasteiger partial charge in [0.15, 0.2) is 0 Å². The van der Waals surface area contributed by atoms with Crippen LogP contribution in [0.3, 0.4) is 0 Å². The van der Waals surface area contributed by atoms with E-state index in [1.165, 1.54) is 7.05 Å². The summed E-state index contributed by atoms with van der Waals surface area (Å²) in [5, 5.41) is 7.85. The Balaban J connectivity index is 1.44. The van der Waals surface area contributed by atoms with Gasteiger partial charge < -0.3 is 0 Å². The normalized spacial score (nSPS) is 12.1. The molecule has 31 heavy (non-hydrogen) atoms. The Morgan fingerprint density at radius 3 is 2.39 bits per heavy atom. The molecule has 4 aromatic rings. The maximum Gasteiger partial charge on any atom is 0.255 e. The zero-order valence-electron chi connectivity index (χ0n) is 16.9. The average Bonchev–Trinajstić information content (AvgIpc) is 2.78. The lowest BCUT2D eigenvalue weighted by Gasteiger charge is -2.16. The number of fused-ring (bicyclic) bond motifs is 2. The molecule has 0 fully saturated rings. The number of benzene rings is 4. The smallest absolute Gasteiger partial charge is 0.255 e. The largest absolute Gasteiger partial charge is 0.272 e. The molecule has 156 valence electrons. The van der Waals surface area contributed by atoms with Gasteiger partial charge in [-0.2, -0.15) is 9.41 Å². The van der Waals surface area contributed by atoms with Crippen molar-refractivity contribution in [2.75, 3.05) is 13.6 Å². The monoisotopic (exact) mass is 431 g/mol. The van der Waals surface area contributed by atoms with Gasteiger partial charge in [-0.15, -0.1) is 0 Å². The van der Waals surface area contributed by atoms with Gasteiger partial charge in [0.05, 0.1) is 17.7 Å². The Bertz CT molecular complexity index is 1390. The van der Waals surface area contributed by atoms with Gasteiger partial charge in [-0.1, -0.05) is 72.8 Å². The summed E-state index contributed by atoms with van der Waals surface area (Å²) in [6.07, 6.45) is 1.55. The third kappa shape index (κ3) is 4.47. The molecular formula is C24H21N3O3S. The van der Waals surface area contributed by atoms with Crippen molar-refractivity contribution in [3.05, 3.63) is 90.5 Å². The summed E-state index contributed by atoms with van der Waals surface area (Å²) >= 11 is 0. The second-order valence-corrected chi connectivity index (χ2v) is 9.18. The summed E-state index contributed by atoms with van der Waals surface area (Å²) in [6.45, 7) is -0.345. The predicted octanol–water partition coefficient (Wildman–Crippen LogP) is 3.76. The molecule has 0 atom stereocenters. The van der Waals surface area contributed by atoms with Crippen LogP contribution < -0.4 is 5.43 Å². The molecule has 0 saturated carbocycles. The lowest BCUT2D eigenvalue weighted by molar-refractivity contribution is -0.121. The summed E-state index contributed by atoms with van der Waals surface area (Å²) < 4.78 is 26.7. The number of carbonyl (C=O) groups is 1. The second-order valence-electron chi connectivity index (χ2n) is 7.13. The zero-order chi connectivity index (χ0) is 21.8. The maximum absolute atomic E-state index is 12.9. The van der Waals surface area contributed by atoms with Crippen LogP contribution in [0.4, 0.5) is 0 Å². The summed E-state index contributed by atoms with van der Waals surface area (Å²) in [7, 11) is -2.44. The number of hydrazone groups is 1. The standard InChI is InChI=1S/C24H21N3O3S/c1-27(31(29,30)22-14-13-18-7-2-3-9-20(18)15-22)17-24(28)26-25-16-21-11-6-10-19-8-4-5-12-23(19)21/h2-16H,17H2,1H3,(H,26,28). The van der Waals surface area contributed by atoms with Crippen LogP contribution in [0.2, 0.25) is 0 Å². The van der Waals surface area contributed by atoms with Gasteiger partial charge in [0.2, 0.25) is 10.0 Å². The third-order valence-electron chi connectivity index (χ3n) is 5.01. The number of rotatable bonds is 6. The van der Waals surface area contributed by atoms with Crippen molar-refractivity contribution < 1.29 is 13.2 Å². The second kappa shape index (κ2) is 8.67. The number of carbonyl (C=O) groups excluding carboxylic acids is 1. The van der Waals surface area contributed by atoms with Crippen LogP contribution in [0.25, 0.3) is 21.5 Å². The molecule has 0 aliphatic rings. The fourth-order valence-electron chi connectivity index (χ4n) is 3.37. The van der Waals surface area contributed by atoms with E-state index in [2.05, 4.69) is 10.5 Å². The molecule has 0 bridgehead atoms. The minimum atomic E-state index is -3.81. The summed E-state index contributed by atoms with van der Waals surface area (Å²) in [5.41, 5.74) is 3.26. The molecule has 0 heterocycles. The third-order valence-corrected chi connectivity index (χ3v) is 6.81. The van der Waals surface area contributed by atoms with Crippen molar-refractivity contribution in [3.8, 4) is 0 Å². The van der Waals surface area contributed by atoms with Gasteiger partial charge >= 0.3 is 0 Å². The van der Waals surface area contributed by atoms with Crippen molar-refractivity contribution in [3.63, 3.8) is 0 Å². The number of likely N-dealkylation sites (N-methyl/N-ethyl adjacent to an activating group) is 1. The van der Waals surface area contributed by atoms with E-state index in [9.17, 15) is 13.2 Å². The highest BCUT2D eigenvalue weighted by Crippen LogP contribution is 2.21. The van der Waals surface area contributed by atoms with Gasteiger partial charge in [0, 0.05) is 12.6 Å². The van der Waals surface area contributed by atoms with Gasteiger partial charge in [-0.3, -0.25) is 4.79 Å². The molecule has 0 saturated heterocycles. The minimum Gasteiger partial charge on any atom is -0.272 e.